The number of hydrogen-bond acceptors (Lipinski definition) is 2. The summed E-state index contributed by atoms with van der Waals surface area (Å²) in [6, 6.07) is 64.5. The molecule has 1 N–H and O–H groups in total. The lowest BCUT2D eigenvalue weighted by Crippen LogP contribution is -2.32. The fourth-order valence-corrected chi connectivity index (χ4v) is 9.86. The molecule has 2 aliphatic rings. The zero-order valence-corrected chi connectivity index (χ0v) is 32.8. The number of fused-ring (bicyclic) bond motifs is 5. The Morgan fingerprint density at radius 2 is 1.10 bits per heavy atom. The van der Waals surface area contributed by atoms with Crippen LogP contribution in [0.4, 0.5) is 11.4 Å². The summed E-state index contributed by atoms with van der Waals surface area (Å²) in [6.45, 7) is 4.35. The van der Waals surface area contributed by atoms with Crippen molar-refractivity contribution < 1.29 is 0 Å². The Kier molecular flexibility index (Phi) is 8.45. The van der Waals surface area contributed by atoms with Gasteiger partial charge in [0.25, 0.3) is 0 Å². The lowest BCUT2D eigenvalue weighted by Gasteiger charge is -2.29. The van der Waals surface area contributed by atoms with Crippen molar-refractivity contribution in [2.45, 2.75) is 24.8 Å². The summed E-state index contributed by atoms with van der Waals surface area (Å²) in [5, 5.41) is 19.6. The first-order chi connectivity index (χ1) is 29.1. The molecule has 0 saturated heterocycles. The van der Waals surface area contributed by atoms with Crippen molar-refractivity contribution in [2.24, 2.45) is 0 Å². The zero-order chi connectivity index (χ0) is 39.5. The summed E-state index contributed by atoms with van der Waals surface area (Å²) in [5.41, 5.74) is 12.4. The van der Waals surface area contributed by atoms with Gasteiger partial charge < -0.3 is 10.3 Å². The van der Waals surface area contributed by atoms with Crippen LogP contribution in [0.15, 0.2) is 212 Å². The Bertz CT molecular complexity index is 3220. The van der Waals surface area contributed by atoms with E-state index in [2.05, 4.69) is 206 Å². The minimum Gasteiger partial charge on any atom is -0.333 e. The zero-order valence-electron chi connectivity index (χ0n) is 32.8. The molecule has 9 aromatic carbocycles. The van der Waals surface area contributed by atoms with Gasteiger partial charge in [-0.1, -0.05) is 158 Å². The number of anilines is 2. The molecular weight excluding hydrogens is 713 g/mol. The lowest BCUT2D eigenvalue weighted by molar-refractivity contribution is 0.773. The smallest absolute Gasteiger partial charge is 0.0644 e. The summed E-state index contributed by atoms with van der Waals surface area (Å²) >= 11 is 0. The third-order valence-electron chi connectivity index (χ3n) is 12.6. The highest BCUT2D eigenvalue weighted by atomic mass is 15.2. The quantitative estimate of drug-likeness (QED) is 0.0979. The average molecular weight is 755 g/mol. The third-order valence-corrected chi connectivity index (χ3v) is 12.6. The average Bonchev–Trinajstić information content (AvgIpc) is 3.64. The van der Waals surface area contributed by atoms with Crippen molar-refractivity contribution in [1.82, 2.24) is 0 Å². The van der Waals surface area contributed by atoms with E-state index in [9.17, 15) is 5.41 Å². The van der Waals surface area contributed by atoms with Crippen LogP contribution < -0.4 is 4.90 Å². The summed E-state index contributed by atoms with van der Waals surface area (Å²) < 4.78 is 0. The fourth-order valence-electron chi connectivity index (χ4n) is 9.86. The van der Waals surface area contributed by atoms with E-state index in [1.54, 1.807) is 0 Å². The first-order valence-corrected chi connectivity index (χ1v) is 20.7. The molecule has 1 aliphatic heterocycles. The second-order valence-electron chi connectivity index (χ2n) is 15.9. The lowest BCUT2D eigenvalue weighted by atomic mass is 9.82. The van der Waals surface area contributed by atoms with E-state index < -0.39 is 0 Å². The van der Waals surface area contributed by atoms with E-state index in [-0.39, 0.29) is 12.0 Å². The van der Waals surface area contributed by atoms with Crippen LogP contribution in [0.5, 0.6) is 0 Å². The Morgan fingerprint density at radius 1 is 0.542 bits per heavy atom. The summed E-state index contributed by atoms with van der Waals surface area (Å²) in [6.07, 6.45) is 10.3. The van der Waals surface area contributed by atoms with Crippen LogP contribution in [0.3, 0.4) is 0 Å². The van der Waals surface area contributed by atoms with Gasteiger partial charge in [-0.3, -0.25) is 0 Å². The second-order valence-corrected chi connectivity index (χ2v) is 15.9. The molecule has 0 radical (unpaired) electrons. The highest BCUT2D eigenvalue weighted by Gasteiger charge is 2.41. The number of para-hydroxylation sites is 1. The van der Waals surface area contributed by atoms with E-state index in [1.807, 2.05) is 6.08 Å². The number of rotatable bonds is 7. The van der Waals surface area contributed by atoms with E-state index in [1.165, 1.54) is 70.9 Å². The minimum absolute atomic E-state index is 0.0889. The molecule has 2 nitrogen and oxygen atoms in total. The van der Waals surface area contributed by atoms with Crippen LogP contribution in [0.25, 0.3) is 76.5 Å². The minimum atomic E-state index is -0.155. The van der Waals surface area contributed by atoms with Crippen molar-refractivity contribution in [3.8, 4) is 33.4 Å². The van der Waals surface area contributed by atoms with Crippen LogP contribution >= 0.6 is 0 Å². The van der Waals surface area contributed by atoms with Gasteiger partial charge in [0.15, 0.2) is 0 Å². The Morgan fingerprint density at radius 3 is 1.75 bits per heavy atom. The van der Waals surface area contributed by atoms with Gasteiger partial charge in [-0.2, -0.15) is 0 Å². The van der Waals surface area contributed by atoms with Crippen LogP contribution in [-0.4, -0.2) is 11.8 Å². The summed E-state index contributed by atoms with van der Waals surface area (Å²) in [7, 11) is 0. The normalized spacial score (nSPS) is 16.1. The Balaban J connectivity index is 1.16. The van der Waals surface area contributed by atoms with E-state index in [0.717, 1.165) is 40.9 Å². The van der Waals surface area contributed by atoms with Gasteiger partial charge in [-0.05, 0) is 143 Å². The molecular formula is C57H42N2. The maximum atomic E-state index is 9.72. The molecule has 9 aromatic rings. The molecule has 0 fully saturated rings. The molecule has 11 rings (SSSR count). The van der Waals surface area contributed by atoms with Gasteiger partial charge in [0.05, 0.1) is 12.0 Å². The van der Waals surface area contributed by atoms with Crippen LogP contribution in [0, 0.1) is 5.41 Å². The third kappa shape index (κ3) is 5.83. The predicted octanol–water partition coefficient (Wildman–Crippen LogP) is 15.4. The number of allylic oxidation sites excluding steroid dienone is 4. The van der Waals surface area contributed by atoms with Gasteiger partial charge in [0.1, 0.15) is 0 Å². The predicted molar refractivity (Wildman–Crippen MR) is 252 cm³/mol. The highest BCUT2D eigenvalue weighted by Crippen LogP contribution is 2.50. The summed E-state index contributed by atoms with van der Waals surface area (Å²) in [5.74, 6) is -0.155. The molecule has 2 unspecified atom stereocenters. The standard InChI is InChI=1S/C57H42N2/c1-2-52-56(57(58)39-17-5-3-6-18-39)51-36-43(30-32-53(51)59(52)46-21-7-4-8-22-46)42-29-31-49-50(35-42)55(45-28-26-38-16-10-12-20-41(38)34-45)48-24-14-13-23-47(48)54(49)44-27-25-37-15-9-11-19-40(37)33-44/h2-5,7-17,19-36,52,56,58H,1,6,18H2. The van der Waals surface area contributed by atoms with Crippen molar-refractivity contribution in [3.05, 3.63) is 218 Å². The SMILES string of the molecule is C=CC1C(C(=N)C2=CC=CCC2)c2cc(-c3ccc4c(-c5ccc6ccccc6c5)c5ccccc5c(-c5ccc6ccccc6c5)c4c3)ccc2N1c1ccccc1. The number of benzene rings is 9. The number of nitrogens with zero attached hydrogens (tertiary/aromatic N) is 1. The van der Waals surface area contributed by atoms with Crippen LogP contribution in [0.1, 0.15) is 24.3 Å². The second kappa shape index (κ2) is 14.3. The molecule has 0 amide bonds. The topological polar surface area (TPSA) is 27.1 Å². The van der Waals surface area contributed by atoms with Crippen molar-refractivity contribution in [1.29, 1.82) is 5.41 Å². The molecule has 2 atom stereocenters. The van der Waals surface area contributed by atoms with Crippen molar-refractivity contribution in [2.75, 3.05) is 4.90 Å². The van der Waals surface area contributed by atoms with Gasteiger partial charge in [-0.25, -0.2) is 0 Å². The Hall–Kier alpha value is -7.29. The number of nitrogens with one attached hydrogen (secondary N) is 1. The van der Waals surface area contributed by atoms with E-state index in [4.69, 9.17) is 0 Å². The maximum absolute atomic E-state index is 9.72. The highest BCUT2D eigenvalue weighted by molar-refractivity contribution is 6.22. The van der Waals surface area contributed by atoms with Gasteiger partial charge in [0, 0.05) is 17.1 Å². The van der Waals surface area contributed by atoms with Crippen LogP contribution in [0.2, 0.25) is 0 Å². The molecule has 1 aliphatic carbocycles. The van der Waals surface area contributed by atoms with E-state index >= 15 is 0 Å². The fraction of sp³-hybridized carbons (Fsp3) is 0.0702. The van der Waals surface area contributed by atoms with E-state index in [0.29, 0.717) is 5.71 Å². The van der Waals surface area contributed by atoms with Gasteiger partial charge >= 0.3 is 0 Å². The molecule has 59 heavy (non-hydrogen) atoms. The molecule has 280 valence electrons. The van der Waals surface area contributed by atoms with Crippen molar-refractivity contribution >= 4 is 60.2 Å². The molecule has 0 saturated carbocycles. The van der Waals surface area contributed by atoms with Gasteiger partial charge in [-0.15, -0.1) is 6.58 Å². The molecule has 0 aromatic heterocycles. The monoisotopic (exact) mass is 754 g/mol. The molecule has 2 heteroatoms. The van der Waals surface area contributed by atoms with Gasteiger partial charge in [0.2, 0.25) is 0 Å². The molecule has 1 heterocycles. The van der Waals surface area contributed by atoms with Crippen LogP contribution in [-0.2, 0) is 0 Å². The molecule has 0 spiro atoms. The number of hydrogen-bond donors (Lipinski definition) is 1. The molecule has 0 bridgehead atoms. The Labute approximate surface area is 345 Å². The first kappa shape index (κ1) is 34.9. The largest absolute Gasteiger partial charge is 0.333 e. The maximum Gasteiger partial charge on any atom is 0.0644 e. The summed E-state index contributed by atoms with van der Waals surface area (Å²) in [4.78, 5) is 2.38. The first-order valence-electron chi connectivity index (χ1n) is 20.7. The van der Waals surface area contributed by atoms with Crippen molar-refractivity contribution in [3.63, 3.8) is 0 Å².